The summed E-state index contributed by atoms with van der Waals surface area (Å²) in [5, 5.41) is 0. The zero-order valence-corrected chi connectivity index (χ0v) is 24.4. The van der Waals surface area contributed by atoms with Gasteiger partial charge >= 0.3 is 5.97 Å². The first-order valence-corrected chi connectivity index (χ1v) is 13.9. The Kier molecular flexibility index (Phi) is 15.6. The van der Waals surface area contributed by atoms with Crippen molar-refractivity contribution in [3.8, 4) is 29.4 Å². The van der Waals surface area contributed by atoms with E-state index in [0.717, 1.165) is 22.3 Å². The maximum Gasteiger partial charge on any atom is 0.333 e. The molecule has 2 aromatic heterocycles. The molecular weight excluding hydrogens is 548 g/mol. The molecule has 0 bridgehead atoms. The van der Waals surface area contributed by atoms with Crippen molar-refractivity contribution in [1.82, 2.24) is 9.97 Å². The van der Waals surface area contributed by atoms with Crippen LogP contribution >= 0.6 is 0 Å². The minimum absolute atomic E-state index is 0.189. The topological polar surface area (TPSA) is 98.2 Å². The Bertz CT molecular complexity index is 1310. The highest BCUT2D eigenvalue weighted by molar-refractivity contribution is 5.86. The molecule has 43 heavy (non-hydrogen) atoms. The number of ether oxygens (including phenoxy) is 6. The molecule has 0 saturated heterocycles. The number of benzene rings is 1. The quantitative estimate of drug-likeness (QED) is 0.101. The molecule has 0 saturated carbocycles. The molecule has 0 unspecified atom stereocenters. The fourth-order valence-corrected chi connectivity index (χ4v) is 3.32. The van der Waals surface area contributed by atoms with Crippen LogP contribution in [0.25, 0.3) is 0 Å². The fraction of sp³-hybridized carbons (Fsp3) is 0.324. The van der Waals surface area contributed by atoms with E-state index in [-0.39, 0.29) is 6.61 Å². The van der Waals surface area contributed by atoms with E-state index in [2.05, 4.69) is 40.2 Å². The number of pyridine rings is 2. The number of rotatable bonds is 17. The molecule has 0 aliphatic carbocycles. The number of esters is 1. The highest BCUT2D eigenvalue weighted by Crippen LogP contribution is 2.23. The van der Waals surface area contributed by atoms with E-state index in [1.807, 2.05) is 42.5 Å². The van der Waals surface area contributed by atoms with Gasteiger partial charge in [0, 0.05) is 41.5 Å². The molecule has 9 nitrogen and oxygen atoms in total. The van der Waals surface area contributed by atoms with E-state index >= 15 is 0 Å². The second-order valence-corrected chi connectivity index (χ2v) is 8.87. The highest BCUT2D eigenvalue weighted by Gasteiger charge is 2.08. The monoisotopic (exact) mass is 584 g/mol. The van der Waals surface area contributed by atoms with Gasteiger partial charge in [-0.3, -0.25) is 9.97 Å². The molecule has 0 atom stereocenters. The highest BCUT2D eigenvalue weighted by atomic mass is 16.6. The van der Waals surface area contributed by atoms with Gasteiger partial charge in [0.2, 0.25) is 0 Å². The zero-order chi connectivity index (χ0) is 30.4. The van der Waals surface area contributed by atoms with E-state index < -0.39 is 5.97 Å². The van der Waals surface area contributed by atoms with Crippen molar-refractivity contribution in [3.63, 3.8) is 0 Å². The molecule has 224 valence electrons. The van der Waals surface area contributed by atoms with Crippen molar-refractivity contribution in [3.05, 3.63) is 102 Å². The van der Waals surface area contributed by atoms with Crippen LogP contribution in [0.1, 0.15) is 29.2 Å². The normalized spacial score (nSPS) is 10.2. The van der Waals surface area contributed by atoms with E-state index in [0.29, 0.717) is 70.8 Å². The number of para-hydroxylation sites is 1. The number of carbonyl (C=O) groups excluding carboxylic acids is 1. The Morgan fingerprint density at radius 2 is 1.05 bits per heavy atom. The Balaban J connectivity index is 1.35. The molecule has 3 aromatic rings. The van der Waals surface area contributed by atoms with Crippen molar-refractivity contribution in [2.45, 2.75) is 6.92 Å². The van der Waals surface area contributed by atoms with Crippen LogP contribution in [0.2, 0.25) is 0 Å². The van der Waals surface area contributed by atoms with Crippen LogP contribution in [0.15, 0.2) is 79.4 Å². The van der Waals surface area contributed by atoms with Crippen LogP contribution in [0.3, 0.4) is 0 Å². The van der Waals surface area contributed by atoms with Gasteiger partial charge in [0.15, 0.2) is 5.75 Å². The zero-order valence-electron chi connectivity index (χ0n) is 24.4. The van der Waals surface area contributed by atoms with E-state index in [9.17, 15) is 4.79 Å². The van der Waals surface area contributed by atoms with Crippen LogP contribution in [0.4, 0.5) is 0 Å². The van der Waals surface area contributed by atoms with E-state index in [1.165, 1.54) is 0 Å². The summed E-state index contributed by atoms with van der Waals surface area (Å²) in [4.78, 5) is 19.3. The molecule has 0 amide bonds. The van der Waals surface area contributed by atoms with Gasteiger partial charge in [0.05, 0.1) is 64.0 Å². The van der Waals surface area contributed by atoms with E-state index in [1.54, 1.807) is 31.7 Å². The number of nitrogens with zero attached hydrogens (tertiary/aromatic N) is 2. The van der Waals surface area contributed by atoms with Crippen molar-refractivity contribution in [2.75, 3.05) is 66.1 Å². The summed E-state index contributed by atoms with van der Waals surface area (Å²) in [6, 6.07) is 13.1. The third-order valence-electron chi connectivity index (χ3n) is 5.46. The van der Waals surface area contributed by atoms with Gasteiger partial charge in [-0.25, -0.2) is 4.79 Å². The summed E-state index contributed by atoms with van der Waals surface area (Å²) in [6.07, 6.45) is 6.83. The Hall–Kier alpha value is -4.51. The molecule has 2 heterocycles. The summed E-state index contributed by atoms with van der Waals surface area (Å²) in [6.45, 7) is 8.90. The standard InChI is InChI=1S/C34H36N2O7/c1-28(2)34(37)43-27-25-41-23-21-39-19-18-38-20-22-40-24-26-42-33-31(8-6-29-10-14-35-15-11-29)4-3-5-32(33)9-7-30-12-16-36-17-13-30/h3-5,10-17H,1,18-27H2,2H3. The minimum Gasteiger partial charge on any atom is -0.489 e. The fourth-order valence-electron chi connectivity index (χ4n) is 3.32. The third-order valence-corrected chi connectivity index (χ3v) is 5.46. The molecule has 0 N–H and O–H groups in total. The average Bonchev–Trinajstić information content (AvgIpc) is 3.03. The maximum atomic E-state index is 11.2. The molecule has 9 heteroatoms. The second-order valence-electron chi connectivity index (χ2n) is 8.87. The summed E-state index contributed by atoms with van der Waals surface area (Å²) >= 11 is 0. The van der Waals surface area contributed by atoms with Crippen LogP contribution in [-0.2, 0) is 28.5 Å². The Labute approximate surface area is 253 Å². The van der Waals surface area contributed by atoms with Crippen LogP contribution in [-0.4, -0.2) is 82.0 Å². The van der Waals surface area contributed by atoms with Crippen LogP contribution < -0.4 is 4.74 Å². The lowest BCUT2D eigenvalue weighted by molar-refractivity contribution is -0.140. The third kappa shape index (κ3) is 13.8. The van der Waals surface area contributed by atoms with Gasteiger partial charge in [-0.1, -0.05) is 36.3 Å². The smallest absolute Gasteiger partial charge is 0.333 e. The van der Waals surface area contributed by atoms with Gasteiger partial charge in [-0.05, 0) is 43.3 Å². The summed E-state index contributed by atoms with van der Waals surface area (Å²) in [7, 11) is 0. The lowest BCUT2D eigenvalue weighted by Crippen LogP contribution is -2.15. The second kappa shape index (κ2) is 20.4. The number of hydrogen-bond acceptors (Lipinski definition) is 9. The van der Waals surface area contributed by atoms with Gasteiger partial charge in [-0.15, -0.1) is 0 Å². The molecule has 3 rings (SSSR count). The molecular formula is C34H36N2O7. The maximum absolute atomic E-state index is 11.2. The number of carbonyl (C=O) groups is 1. The van der Waals surface area contributed by atoms with Crippen molar-refractivity contribution < 1.29 is 33.2 Å². The predicted molar refractivity (Wildman–Crippen MR) is 161 cm³/mol. The molecule has 0 fully saturated rings. The molecule has 1 aromatic carbocycles. The Morgan fingerprint density at radius 1 is 0.628 bits per heavy atom. The van der Waals surface area contributed by atoms with Crippen molar-refractivity contribution in [1.29, 1.82) is 0 Å². The lowest BCUT2D eigenvalue weighted by atomic mass is 10.1. The molecule has 0 aliphatic rings. The van der Waals surface area contributed by atoms with Gasteiger partial charge in [-0.2, -0.15) is 0 Å². The van der Waals surface area contributed by atoms with Crippen LogP contribution in [0, 0.1) is 23.7 Å². The first-order chi connectivity index (χ1) is 21.1. The summed E-state index contributed by atoms with van der Waals surface area (Å²) < 4.78 is 33.0. The lowest BCUT2D eigenvalue weighted by Gasteiger charge is -2.11. The van der Waals surface area contributed by atoms with Crippen molar-refractivity contribution >= 4 is 5.97 Å². The molecule has 0 aliphatic heterocycles. The largest absolute Gasteiger partial charge is 0.489 e. The summed E-state index contributed by atoms with van der Waals surface area (Å²) in [5.41, 5.74) is 3.55. The number of aromatic nitrogens is 2. The van der Waals surface area contributed by atoms with Gasteiger partial charge < -0.3 is 28.4 Å². The number of hydrogen-bond donors (Lipinski definition) is 0. The van der Waals surface area contributed by atoms with Crippen molar-refractivity contribution in [2.24, 2.45) is 0 Å². The SMILES string of the molecule is C=C(C)C(=O)OCCOCCOCCOCCOCCOc1c(C#Cc2ccncc2)cccc1C#Cc1ccncc1. The minimum atomic E-state index is -0.418. The van der Waals surface area contributed by atoms with Gasteiger partial charge in [0.1, 0.15) is 13.2 Å². The molecule has 0 radical (unpaired) electrons. The molecule has 0 spiro atoms. The summed E-state index contributed by atoms with van der Waals surface area (Å²) in [5.74, 6) is 12.9. The first-order valence-electron chi connectivity index (χ1n) is 13.9. The van der Waals surface area contributed by atoms with E-state index in [4.69, 9.17) is 28.4 Å². The predicted octanol–water partition coefficient (Wildman–Crippen LogP) is 3.84. The first kappa shape index (κ1) is 33.0. The Morgan fingerprint density at radius 3 is 1.49 bits per heavy atom. The average molecular weight is 585 g/mol. The van der Waals surface area contributed by atoms with Crippen LogP contribution in [0.5, 0.6) is 5.75 Å². The van der Waals surface area contributed by atoms with Gasteiger partial charge in [0.25, 0.3) is 0 Å².